The van der Waals surface area contributed by atoms with E-state index in [1.54, 1.807) is 36.5 Å². The van der Waals surface area contributed by atoms with Crippen molar-refractivity contribution in [1.82, 2.24) is 15.2 Å². The van der Waals surface area contributed by atoms with E-state index >= 15 is 0 Å². The van der Waals surface area contributed by atoms with Crippen molar-refractivity contribution in [2.24, 2.45) is 0 Å². The summed E-state index contributed by atoms with van der Waals surface area (Å²) in [6.07, 6.45) is -1.33. The van der Waals surface area contributed by atoms with Gasteiger partial charge in [0.2, 0.25) is 0 Å². The maximum absolute atomic E-state index is 13.5. The lowest BCUT2D eigenvalue weighted by Crippen LogP contribution is -2.46. The van der Waals surface area contributed by atoms with Gasteiger partial charge >= 0.3 is 6.18 Å². The van der Waals surface area contributed by atoms with Gasteiger partial charge in [0, 0.05) is 48.6 Å². The molecule has 0 saturated carbocycles. The fourth-order valence-electron chi connectivity index (χ4n) is 4.34. The monoisotopic (exact) mass is 520 g/mol. The Labute approximate surface area is 219 Å². The maximum Gasteiger partial charge on any atom is 0.416 e. The lowest BCUT2D eigenvalue weighted by atomic mass is 9.93. The molecule has 0 spiro atoms. The van der Waals surface area contributed by atoms with Crippen molar-refractivity contribution in [2.75, 3.05) is 32.8 Å². The molecular formula is C29H27F3N4O2. The fourth-order valence-corrected chi connectivity index (χ4v) is 4.34. The molecule has 6 nitrogen and oxygen atoms in total. The summed E-state index contributed by atoms with van der Waals surface area (Å²) < 4.78 is 45.9. The van der Waals surface area contributed by atoms with Crippen molar-refractivity contribution < 1.29 is 22.7 Å². The first-order valence-corrected chi connectivity index (χ1v) is 12.1. The van der Waals surface area contributed by atoms with Crippen LogP contribution in [0.15, 0.2) is 61.3 Å². The third-order valence-corrected chi connectivity index (χ3v) is 6.30. The van der Waals surface area contributed by atoms with Gasteiger partial charge in [-0.15, -0.1) is 0 Å². The van der Waals surface area contributed by atoms with Gasteiger partial charge in [0.1, 0.15) is 0 Å². The lowest BCUT2D eigenvalue weighted by Gasteiger charge is -2.29. The minimum absolute atomic E-state index is 0.0668. The van der Waals surface area contributed by atoms with Crippen LogP contribution >= 0.6 is 0 Å². The van der Waals surface area contributed by atoms with Crippen LogP contribution < -0.4 is 5.32 Å². The topological polar surface area (TPSA) is 78.3 Å². The van der Waals surface area contributed by atoms with Gasteiger partial charge < -0.3 is 10.1 Å². The van der Waals surface area contributed by atoms with Gasteiger partial charge in [-0.1, -0.05) is 18.7 Å². The summed E-state index contributed by atoms with van der Waals surface area (Å²) >= 11 is 0. The zero-order valence-corrected chi connectivity index (χ0v) is 20.9. The van der Waals surface area contributed by atoms with E-state index in [-0.39, 0.29) is 28.6 Å². The minimum atomic E-state index is -4.59. The summed E-state index contributed by atoms with van der Waals surface area (Å²) in [5, 5.41) is 12.6. The van der Waals surface area contributed by atoms with Gasteiger partial charge in [0.25, 0.3) is 5.91 Å². The largest absolute Gasteiger partial charge is 0.416 e. The number of rotatable bonds is 7. The Morgan fingerprint density at radius 1 is 1.18 bits per heavy atom. The van der Waals surface area contributed by atoms with Crippen molar-refractivity contribution in [3.63, 3.8) is 0 Å². The average Bonchev–Trinajstić information content (AvgIpc) is 2.92. The molecule has 1 unspecified atom stereocenters. The number of morpholine rings is 1. The van der Waals surface area contributed by atoms with Crippen LogP contribution in [0.5, 0.6) is 0 Å². The number of carbonyl (C=O) groups is 1. The van der Waals surface area contributed by atoms with E-state index in [0.717, 1.165) is 36.9 Å². The summed E-state index contributed by atoms with van der Waals surface area (Å²) in [5.41, 5.74) is 1.69. The summed E-state index contributed by atoms with van der Waals surface area (Å²) in [4.78, 5) is 19.9. The molecule has 1 atom stereocenters. The molecular weight excluding hydrogens is 493 g/mol. The highest BCUT2D eigenvalue weighted by Crippen LogP contribution is 2.35. The van der Waals surface area contributed by atoms with Crippen molar-refractivity contribution in [3.05, 3.63) is 83.6 Å². The molecule has 1 aliphatic rings. The van der Waals surface area contributed by atoms with Gasteiger partial charge in [0.05, 0.1) is 36.1 Å². The normalized spacial score (nSPS) is 14.9. The Kier molecular flexibility index (Phi) is 8.25. The van der Waals surface area contributed by atoms with E-state index in [0.29, 0.717) is 36.6 Å². The summed E-state index contributed by atoms with van der Waals surface area (Å²) in [7, 11) is 0. The van der Waals surface area contributed by atoms with E-state index < -0.39 is 11.7 Å². The second kappa shape index (κ2) is 11.6. The van der Waals surface area contributed by atoms with Crippen LogP contribution in [-0.4, -0.2) is 54.7 Å². The Hall–Kier alpha value is -4.00. The fraction of sp³-hybridized carbons (Fsp3) is 0.276. The molecule has 1 aromatic heterocycles. The van der Waals surface area contributed by atoms with E-state index in [9.17, 15) is 23.2 Å². The second-order valence-electron chi connectivity index (χ2n) is 9.14. The number of carbonyl (C=O) groups excluding carboxylic acids is 1. The zero-order chi connectivity index (χ0) is 27.3. The van der Waals surface area contributed by atoms with Crippen LogP contribution in [0.1, 0.15) is 34.0 Å². The van der Waals surface area contributed by atoms with Crippen LogP contribution in [-0.2, 0) is 10.9 Å². The van der Waals surface area contributed by atoms with Gasteiger partial charge in [0.15, 0.2) is 0 Å². The van der Waals surface area contributed by atoms with Crippen molar-refractivity contribution in [2.45, 2.75) is 19.1 Å². The third kappa shape index (κ3) is 6.46. The lowest BCUT2D eigenvalue weighted by molar-refractivity contribution is -0.137. The number of hydrogen-bond acceptors (Lipinski definition) is 5. The second-order valence-corrected chi connectivity index (χ2v) is 9.14. The first kappa shape index (κ1) is 27.0. The van der Waals surface area contributed by atoms with Crippen LogP contribution in [0.4, 0.5) is 13.2 Å². The number of benzene rings is 2. The molecule has 2 heterocycles. The Bertz CT molecular complexity index is 1360. The molecule has 0 aliphatic carbocycles. The number of alkyl halides is 3. The molecule has 3 aromatic rings. The smallest absolute Gasteiger partial charge is 0.379 e. The highest BCUT2D eigenvalue weighted by Gasteiger charge is 2.31. The van der Waals surface area contributed by atoms with Crippen LogP contribution in [0, 0.1) is 11.3 Å². The maximum atomic E-state index is 13.5. The van der Waals surface area contributed by atoms with Crippen LogP contribution in [0.25, 0.3) is 28.5 Å². The molecule has 1 fully saturated rings. The first-order valence-electron chi connectivity index (χ1n) is 12.1. The first-order chi connectivity index (χ1) is 18.2. The van der Waals surface area contributed by atoms with Gasteiger partial charge in [-0.25, -0.2) is 0 Å². The standard InChI is InChI=1S/C29H27F3N4O2/c1-3-20-4-7-27(34-17-20)23-12-22(26-15-25(29(30,31)32)6-5-21(26)16-33)13-24(14-23)28(37)35-19(2)18-36-8-10-38-11-9-36/h3-7,12-15,17,19H,1,8-11,18H2,2H3,(H,35,37). The van der Waals surface area contributed by atoms with Gasteiger partial charge in [-0.3, -0.25) is 14.7 Å². The number of amides is 1. The molecule has 0 bridgehead atoms. The molecule has 2 aromatic carbocycles. The van der Waals surface area contributed by atoms with E-state index in [4.69, 9.17) is 4.74 Å². The summed E-state index contributed by atoms with van der Waals surface area (Å²) in [5.74, 6) is -0.373. The molecule has 1 aliphatic heterocycles. The van der Waals surface area contributed by atoms with Gasteiger partial charge in [-0.2, -0.15) is 18.4 Å². The zero-order valence-electron chi connectivity index (χ0n) is 20.9. The number of pyridine rings is 1. The quantitative estimate of drug-likeness (QED) is 0.452. The SMILES string of the molecule is C=Cc1ccc(-c2cc(C(=O)NC(C)CN3CCOCC3)cc(-c3cc(C(F)(F)F)ccc3C#N)c2)nc1. The van der Waals surface area contributed by atoms with Crippen molar-refractivity contribution in [1.29, 1.82) is 5.26 Å². The van der Waals surface area contributed by atoms with Crippen LogP contribution in [0.3, 0.4) is 0 Å². The van der Waals surface area contributed by atoms with Crippen molar-refractivity contribution in [3.8, 4) is 28.5 Å². The Balaban J connectivity index is 1.74. The summed E-state index contributed by atoms with van der Waals surface area (Å²) in [6.45, 7) is 9.08. The number of nitriles is 1. The molecule has 38 heavy (non-hydrogen) atoms. The van der Waals surface area contributed by atoms with E-state index in [1.807, 2.05) is 13.0 Å². The van der Waals surface area contributed by atoms with Gasteiger partial charge in [-0.05, 0) is 60.5 Å². The number of aromatic nitrogens is 1. The Morgan fingerprint density at radius 2 is 1.92 bits per heavy atom. The van der Waals surface area contributed by atoms with E-state index in [1.165, 1.54) is 6.07 Å². The number of halogens is 3. The number of nitrogens with zero attached hydrogens (tertiary/aromatic N) is 3. The highest BCUT2D eigenvalue weighted by molar-refractivity contribution is 5.97. The predicted octanol–water partition coefficient (Wildman–Crippen LogP) is 5.40. The highest BCUT2D eigenvalue weighted by atomic mass is 19.4. The van der Waals surface area contributed by atoms with Crippen molar-refractivity contribution >= 4 is 12.0 Å². The van der Waals surface area contributed by atoms with Crippen LogP contribution in [0.2, 0.25) is 0 Å². The molecule has 1 N–H and O–H groups in total. The predicted molar refractivity (Wildman–Crippen MR) is 139 cm³/mol. The molecule has 196 valence electrons. The molecule has 1 amide bonds. The molecule has 0 radical (unpaired) electrons. The third-order valence-electron chi connectivity index (χ3n) is 6.30. The molecule has 4 rings (SSSR count). The number of nitrogens with one attached hydrogen (secondary N) is 1. The number of ether oxygens (including phenoxy) is 1. The average molecular weight is 521 g/mol. The minimum Gasteiger partial charge on any atom is -0.379 e. The summed E-state index contributed by atoms with van der Waals surface area (Å²) in [6, 6.07) is 13.1. The number of hydrogen-bond donors (Lipinski definition) is 1. The molecule has 9 heteroatoms. The molecule has 1 saturated heterocycles. The Morgan fingerprint density at radius 3 is 2.55 bits per heavy atom. The van der Waals surface area contributed by atoms with E-state index in [2.05, 4.69) is 21.8 Å².